The zero-order valence-corrected chi connectivity index (χ0v) is 10.9. The van der Waals surface area contributed by atoms with Crippen molar-refractivity contribution < 1.29 is 4.79 Å². The quantitative estimate of drug-likeness (QED) is 0.519. The molecule has 0 spiro atoms. The molecule has 1 aromatic heterocycles. The molecular formula is C15H8BrNO. The number of fused-ring (bicyclic) bond motifs is 5. The van der Waals surface area contributed by atoms with Crippen molar-refractivity contribution in [3.05, 3.63) is 58.6 Å². The molecule has 2 bridgehead atoms. The number of benzene rings is 2. The van der Waals surface area contributed by atoms with Crippen LogP contribution in [0.25, 0.3) is 22.2 Å². The summed E-state index contributed by atoms with van der Waals surface area (Å²) in [6.45, 7) is 0. The Morgan fingerprint density at radius 3 is 2.39 bits per heavy atom. The van der Waals surface area contributed by atoms with Gasteiger partial charge < -0.3 is 0 Å². The van der Waals surface area contributed by atoms with Gasteiger partial charge in [0.1, 0.15) is 0 Å². The molecule has 2 heterocycles. The topological polar surface area (TPSA) is 22.0 Å². The highest BCUT2D eigenvalue weighted by atomic mass is 79.9. The number of para-hydroxylation sites is 1. The first-order valence-electron chi connectivity index (χ1n) is 5.71. The number of hydrogen-bond acceptors (Lipinski definition) is 1. The molecule has 0 radical (unpaired) electrons. The summed E-state index contributed by atoms with van der Waals surface area (Å²) in [6, 6.07) is 16.0. The van der Waals surface area contributed by atoms with E-state index in [0.717, 1.165) is 32.2 Å². The number of hydrogen-bond donors (Lipinski definition) is 0. The van der Waals surface area contributed by atoms with Gasteiger partial charge in [-0.2, -0.15) is 0 Å². The highest BCUT2D eigenvalue weighted by molar-refractivity contribution is 9.10. The van der Waals surface area contributed by atoms with Crippen molar-refractivity contribution in [1.82, 2.24) is 4.57 Å². The van der Waals surface area contributed by atoms with Crippen molar-refractivity contribution in [2.45, 2.75) is 0 Å². The van der Waals surface area contributed by atoms with Gasteiger partial charge in [-0.3, -0.25) is 9.36 Å². The molecule has 1 aliphatic rings. The predicted octanol–water partition coefficient (Wildman–Crippen LogP) is 4.07. The fraction of sp³-hybridized carbons (Fsp3) is 0. The maximum Gasteiger partial charge on any atom is 0.265 e. The average Bonchev–Trinajstić information content (AvgIpc) is 2.88. The number of aromatic nitrogens is 1. The van der Waals surface area contributed by atoms with Gasteiger partial charge in [-0.15, -0.1) is 0 Å². The van der Waals surface area contributed by atoms with E-state index in [2.05, 4.69) is 15.9 Å². The molecule has 0 atom stereocenters. The minimum atomic E-state index is 0.120. The Bertz CT molecular complexity index is 756. The lowest BCUT2D eigenvalue weighted by Gasteiger charge is -2.17. The summed E-state index contributed by atoms with van der Waals surface area (Å²) < 4.78 is 2.84. The first-order valence-corrected chi connectivity index (χ1v) is 6.51. The van der Waals surface area contributed by atoms with E-state index in [9.17, 15) is 4.79 Å². The van der Waals surface area contributed by atoms with Gasteiger partial charge in [-0.25, -0.2) is 0 Å². The zero-order valence-electron chi connectivity index (χ0n) is 9.35. The summed E-state index contributed by atoms with van der Waals surface area (Å²) in [5.74, 6) is 0.120. The van der Waals surface area contributed by atoms with Crippen molar-refractivity contribution in [1.29, 1.82) is 0 Å². The Hall–Kier alpha value is -1.87. The monoisotopic (exact) mass is 297 g/mol. The van der Waals surface area contributed by atoms with Gasteiger partial charge in [-0.05, 0) is 23.8 Å². The Morgan fingerprint density at radius 1 is 0.944 bits per heavy atom. The van der Waals surface area contributed by atoms with Crippen LogP contribution in [0.2, 0.25) is 0 Å². The fourth-order valence-electron chi connectivity index (χ4n) is 2.61. The maximum absolute atomic E-state index is 12.0. The van der Waals surface area contributed by atoms with Crippen molar-refractivity contribution in [3.63, 3.8) is 0 Å². The van der Waals surface area contributed by atoms with E-state index in [4.69, 9.17) is 0 Å². The molecule has 3 aromatic rings. The summed E-state index contributed by atoms with van der Waals surface area (Å²) >= 11 is 3.42. The normalized spacial score (nSPS) is 12.8. The highest BCUT2D eigenvalue weighted by Crippen LogP contribution is 2.42. The van der Waals surface area contributed by atoms with E-state index < -0.39 is 0 Å². The Morgan fingerprint density at radius 2 is 1.67 bits per heavy atom. The van der Waals surface area contributed by atoms with Gasteiger partial charge in [0.05, 0.1) is 16.8 Å². The molecule has 0 fully saturated rings. The molecule has 0 aliphatic carbocycles. The van der Waals surface area contributed by atoms with Crippen molar-refractivity contribution in [2.75, 3.05) is 0 Å². The standard InChI is InChI=1S/C15H8BrNO/c16-10-7-5-9(6-8-10)14-13-11-3-1-2-4-12(11)17(14)15(13)18/h1-8H. The molecule has 3 heteroatoms. The zero-order chi connectivity index (χ0) is 12.3. The van der Waals surface area contributed by atoms with Gasteiger partial charge in [0, 0.05) is 9.86 Å². The average molecular weight is 298 g/mol. The van der Waals surface area contributed by atoms with Crippen molar-refractivity contribution >= 4 is 32.7 Å². The summed E-state index contributed by atoms with van der Waals surface area (Å²) in [4.78, 5) is 12.0. The second-order valence-electron chi connectivity index (χ2n) is 4.39. The first-order chi connectivity index (χ1) is 8.77. The van der Waals surface area contributed by atoms with Crippen molar-refractivity contribution in [2.24, 2.45) is 0 Å². The largest absolute Gasteiger partial charge is 0.275 e. The van der Waals surface area contributed by atoms with Gasteiger partial charge in [-0.1, -0.05) is 46.3 Å². The molecule has 86 valence electrons. The van der Waals surface area contributed by atoms with Crippen LogP contribution in [0.4, 0.5) is 0 Å². The molecule has 0 amide bonds. The van der Waals surface area contributed by atoms with Crippen LogP contribution in [0.1, 0.15) is 10.4 Å². The second-order valence-corrected chi connectivity index (χ2v) is 5.30. The van der Waals surface area contributed by atoms with Crippen LogP contribution in [0.5, 0.6) is 0 Å². The van der Waals surface area contributed by atoms with Crippen LogP contribution in [0, 0.1) is 0 Å². The fourth-order valence-corrected chi connectivity index (χ4v) is 2.87. The van der Waals surface area contributed by atoms with E-state index in [1.54, 1.807) is 4.57 Å². The van der Waals surface area contributed by atoms with Gasteiger partial charge >= 0.3 is 0 Å². The van der Waals surface area contributed by atoms with Crippen LogP contribution < -0.4 is 0 Å². The summed E-state index contributed by atoms with van der Waals surface area (Å²) in [5, 5.41) is 1.06. The molecular weight excluding hydrogens is 290 g/mol. The number of carbonyl (C=O) groups excluding carboxylic acids is 1. The third-order valence-electron chi connectivity index (χ3n) is 3.41. The lowest BCUT2D eigenvalue weighted by Crippen LogP contribution is -2.21. The number of halogens is 1. The maximum atomic E-state index is 12.0. The van der Waals surface area contributed by atoms with E-state index in [1.165, 1.54) is 0 Å². The van der Waals surface area contributed by atoms with Crippen LogP contribution in [-0.2, 0) is 0 Å². The lowest BCUT2D eigenvalue weighted by molar-refractivity contribution is 0.0951. The number of rotatable bonds is 1. The Labute approximate surface area is 112 Å². The Kier molecular flexibility index (Phi) is 1.87. The van der Waals surface area contributed by atoms with Gasteiger partial charge in [0.15, 0.2) is 0 Å². The molecule has 2 nitrogen and oxygen atoms in total. The SMILES string of the molecule is O=C1c2c(-c3ccc(Br)cc3)n1c1ccccc21. The molecule has 0 unspecified atom stereocenters. The molecule has 0 saturated heterocycles. The molecule has 0 N–H and O–H groups in total. The predicted molar refractivity (Wildman–Crippen MR) is 74.8 cm³/mol. The molecule has 4 rings (SSSR count). The number of nitrogens with zero attached hydrogens (tertiary/aromatic N) is 1. The van der Waals surface area contributed by atoms with Crippen LogP contribution >= 0.6 is 15.9 Å². The van der Waals surface area contributed by atoms with E-state index in [1.807, 2.05) is 48.5 Å². The van der Waals surface area contributed by atoms with Gasteiger partial charge in [0.2, 0.25) is 0 Å². The highest BCUT2D eigenvalue weighted by Gasteiger charge is 2.35. The third kappa shape index (κ3) is 1.10. The second kappa shape index (κ2) is 3.33. The molecule has 1 aliphatic heterocycles. The summed E-state index contributed by atoms with van der Waals surface area (Å²) in [5.41, 5.74) is 3.99. The molecule has 0 saturated carbocycles. The lowest BCUT2D eigenvalue weighted by atomic mass is 10.0. The van der Waals surface area contributed by atoms with E-state index >= 15 is 0 Å². The number of carbonyl (C=O) groups is 1. The summed E-state index contributed by atoms with van der Waals surface area (Å²) in [6.07, 6.45) is 0. The summed E-state index contributed by atoms with van der Waals surface area (Å²) in [7, 11) is 0. The third-order valence-corrected chi connectivity index (χ3v) is 3.94. The minimum Gasteiger partial charge on any atom is -0.275 e. The Balaban J connectivity index is 2.05. The smallest absolute Gasteiger partial charge is 0.265 e. The minimum absolute atomic E-state index is 0.120. The van der Waals surface area contributed by atoms with Crippen LogP contribution in [-0.4, -0.2) is 10.5 Å². The van der Waals surface area contributed by atoms with E-state index in [-0.39, 0.29) is 5.91 Å². The van der Waals surface area contributed by atoms with Crippen LogP contribution in [0.15, 0.2) is 53.0 Å². The molecule has 18 heavy (non-hydrogen) atoms. The van der Waals surface area contributed by atoms with Crippen molar-refractivity contribution in [3.8, 4) is 11.3 Å². The molecule has 2 aromatic carbocycles. The van der Waals surface area contributed by atoms with E-state index in [0.29, 0.717) is 0 Å². The first kappa shape index (κ1) is 10.1. The van der Waals surface area contributed by atoms with Crippen LogP contribution in [0.3, 0.4) is 0 Å². The van der Waals surface area contributed by atoms with Gasteiger partial charge in [0.25, 0.3) is 5.91 Å².